The molecular weight excluding hydrogens is 211 g/mol. The number of carbonyl (C=O) groups is 1. The summed E-state index contributed by atoms with van der Waals surface area (Å²) in [5.41, 5.74) is 1.19. The minimum atomic E-state index is -0.889. The topological polar surface area (TPSA) is 33.2 Å². The zero-order chi connectivity index (χ0) is 10.3. The highest BCUT2D eigenvalue weighted by molar-refractivity contribution is 6.93. The van der Waals surface area contributed by atoms with Crippen LogP contribution in [0, 0.1) is 0 Å². The maximum absolute atomic E-state index is 8.98. The van der Waals surface area contributed by atoms with Crippen LogP contribution in [0.4, 0.5) is 10.5 Å². The predicted molar refractivity (Wildman–Crippen MR) is 55.7 cm³/mol. The Labute approximate surface area is 87.3 Å². The maximum Gasteiger partial charge on any atom is 0.313 e. The van der Waals surface area contributed by atoms with Crippen LogP contribution in [0.3, 0.4) is 0 Å². The Morgan fingerprint density at radius 3 is 1.92 bits per heavy atom. The predicted octanol–water partition coefficient (Wildman–Crippen LogP) is 2.73. The van der Waals surface area contributed by atoms with Crippen molar-refractivity contribution in [2.75, 3.05) is 19.0 Å². The van der Waals surface area contributed by atoms with Gasteiger partial charge in [-0.05, 0) is 35.3 Å². The van der Waals surface area contributed by atoms with Crippen LogP contribution in [-0.2, 0) is 0 Å². The third-order valence-corrected chi connectivity index (χ3v) is 1.18. The molecule has 0 saturated heterocycles. The van der Waals surface area contributed by atoms with Crippen LogP contribution in [0.5, 0.6) is 0 Å². The standard InChI is InChI=1S/C7H10N2.CCl2O/c1-9(2)7-3-5-8-6-4-7;2-1(3)4/h3-6H,1-2H3;. The van der Waals surface area contributed by atoms with Gasteiger partial charge in [-0.3, -0.25) is 9.78 Å². The van der Waals surface area contributed by atoms with E-state index in [9.17, 15) is 0 Å². The molecular formula is C8H10Cl2N2O. The van der Waals surface area contributed by atoms with Gasteiger partial charge in [-0.2, -0.15) is 0 Å². The van der Waals surface area contributed by atoms with Gasteiger partial charge in [0.25, 0.3) is 0 Å². The zero-order valence-electron chi connectivity index (χ0n) is 7.37. The highest BCUT2D eigenvalue weighted by atomic mass is 35.5. The molecule has 0 aromatic carbocycles. The maximum atomic E-state index is 8.98. The number of rotatable bonds is 1. The molecule has 0 bridgehead atoms. The van der Waals surface area contributed by atoms with Gasteiger partial charge < -0.3 is 4.90 Å². The molecule has 0 atom stereocenters. The van der Waals surface area contributed by atoms with Crippen LogP contribution < -0.4 is 4.90 Å². The van der Waals surface area contributed by atoms with Gasteiger partial charge in [0.2, 0.25) is 0 Å². The Bertz CT molecular complexity index is 248. The van der Waals surface area contributed by atoms with E-state index in [0.29, 0.717) is 0 Å². The lowest BCUT2D eigenvalue weighted by Gasteiger charge is -2.10. The van der Waals surface area contributed by atoms with Crippen molar-refractivity contribution in [3.05, 3.63) is 24.5 Å². The van der Waals surface area contributed by atoms with Crippen molar-refractivity contribution in [2.24, 2.45) is 0 Å². The van der Waals surface area contributed by atoms with Gasteiger partial charge in [-0.25, -0.2) is 0 Å². The van der Waals surface area contributed by atoms with Crippen LogP contribution >= 0.6 is 23.2 Å². The van der Waals surface area contributed by atoms with Gasteiger partial charge in [0.05, 0.1) is 0 Å². The average molecular weight is 221 g/mol. The quantitative estimate of drug-likeness (QED) is 0.683. The Morgan fingerprint density at radius 1 is 1.31 bits per heavy atom. The van der Waals surface area contributed by atoms with Crippen molar-refractivity contribution in [1.82, 2.24) is 4.98 Å². The summed E-state index contributed by atoms with van der Waals surface area (Å²) < 4.78 is -0.889. The minimum Gasteiger partial charge on any atom is -0.378 e. The van der Waals surface area contributed by atoms with Gasteiger partial charge in [0.15, 0.2) is 0 Å². The second-order valence-corrected chi connectivity index (χ2v) is 3.21. The fourth-order valence-corrected chi connectivity index (χ4v) is 0.642. The summed E-state index contributed by atoms with van der Waals surface area (Å²) in [6, 6.07) is 3.94. The molecule has 0 aliphatic heterocycles. The normalized spacial score (nSPS) is 8.31. The molecule has 3 nitrogen and oxygen atoms in total. The molecule has 13 heavy (non-hydrogen) atoms. The number of hydrogen-bond donors (Lipinski definition) is 0. The van der Waals surface area contributed by atoms with Crippen molar-refractivity contribution in [3.63, 3.8) is 0 Å². The first kappa shape index (κ1) is 12.2. The molecule has 0 aliphatic carbocycles. The summed E-state index contributed by atoms with van der Waals surface area (Å²) in [5, 5.41) is 0. The van der Waals surface area contributed by atoms with E-state index >= 15 is 0 Å². The second-order valence-electron chi connectivity index (χ2n) is 2.33. The largest absolute Gasteiger partial charge is 0.378 e. The molecule has 72 valence electrons. The van der Waals surface area contributed by atoms with E-state index in [0.717, 1.165) is 0 Å². The van der Waals surface area contributed by atoms with Crippen molar-refractivity contribution < 1.29 is 4.79 Å². The van der Waals surface area contributed by atoms with Gasteiger partial charge >= 0.3 is 4.70 Å². The first-order valence-electron chi connectivity index (χ1n) is 3.46. The number of pyridine rings is 1. The average Bonchev–Trinajstić information content (AvgIpc) is 2.05. The molecule has 0 fully saturated rings. The van der Waals surface area contributed by atoms with E-state index in [4.69, 9.17) is 4.79 Å². The van der Waals surface area contributed by atoms with Crippen molar-refractivity contribution in [2.45, 2.75) is 0 Å². The van der Waals surface area contributed by atoms with Crippen molar-refractivity contribution >= 4 is 33.6 Å². The third-order valence-electron chi connectivity index (χ3n) is 1.18. The molecule has 0 radical (unpaired) electrons. The van der Waals surface area contributed by atoms with E-state index in [-0.39, 0.29) is 0 Å². The van der Waals surface area contributed by atoms with E-state index in [1.807, 2.05) is 31.1 Å². The zero-order valence-corrected chi connectivity index (χ0v) is 8.88. The van der Waals surface area contributed by atoms with Gasteiger partial charge in [0.1, 0.15) is 0 Å². The SMILES string of the molecule is CN(C)c1ccncc1.O=C(Cl)Cl. The van der Waals surface area contributed by atoms with Crippen LogP contribution in [0.2, 0.25) is 0 Å². The molecule has 0 amide bonds. The van der Waals surface area contributed by atoms with Crippen LogP contribution in [-0.4, -0.2) is 23.8 Å². The number of halogens is 2. The molecule has 1 aromatic rings. The smallest absolute Gasteiger partial charge is 0.313 e. The second kappa shape index (κ2) is 6.69. The number of aromatic nitrogens is 1. The minimum absolute atomic E-state index is 0.889. The lowest BCUT2D eigenvalue weighted by Crippen LogP contribution is -2.07. The van der Waals surface area contributed by atoms with E-state index in [1.165, 1.54) is 5.69 Å². The molecule has 0 aliphatic rings. The highest BCUT2D eigenvalue weighted by Crippen LogP contribution is 2.05. The third kappa shape index (κ3) is 7.56. The Hall–Kier alpha value is -0.800. The van der Waals surface area contributed by atoms with Crippen molar-refractivity contribution in [1.29, 1.82) is 0 Å². The summed E-state index contributed by atoms with van der Waals surface area (Å²) in [5.74, 6) is 0. The Balaban J connectivity index is 0.000000310. The number of nitrogens with zero attached hydrogens (tertiary/aromatic N) is 2. The van der Waals surface area contributed by atoms with Crippen LogP contribution in [0.1, 0.15) is 0 Å². The summed E-state index contributed by atoms with van der Waals surface area (Å²) in [7, 11) is 4.02. The lowest BCUT2D eigenvalue weighted by molar-refractivity contribution is 0.275. The monoisotopic (exact) mass is 220 g/mol. The summed E-state index contributed by atoms with van der Waals surface area (Å²) >= 11 is 8.80. The van der Waals surface area contributed by atoms with Crippen molar-refractivity contribution in [3.8, 4) is 0 Å². The van der Waals surface area contributed by atoms with Gasteiger partial charge in [0, 0.05) is 32.2 Å². The Kier molecular flexibility index (Phi) is 6.28. The van der Waals surface area contributed by atoms with Crippen LogP contribution in [0.15, 0.2) is 24.5 Å². The first-order chi connectivity index (χ1) is 6.04. The number of carbonyl (C=O) groups excluding carboxylic acids is 1. The highest BCUT2D eigenvalue weighted by Gasteiger charge is 1.88. The molecule has 0 unspecified atom stereocenters. The van der Waals surface area contributed by atoms with E-state index in [1.54, 1.807) is 12.4 Å². The van der Waals surface area contributed by atoms with Gasteiger partial charge in [-0.1, -0.05) is 0 Å². The van der Waals surface area contributed by atoms with Gasteiger partial charge in [-0.15, -0.1) is 0 Å². The summed E-state index contributed by atoms with van der Waals surface area (Å²) in [4.78, 5) is 14.9. The molecule has 0 N–H and O–H groups in total. The fraction of sp³-hybridized carbons (Fsp3) is 0.250. The molecule has 5 heteroatoms. The molecule has 0 spiro atoms. The Morgan fingerprint density at radius 2 is 1.69 bits per heavy atom. The fourth-order valence-electron chi connectivity index (χ4n) is 0.642. The molecule has 1 rings (SSSR count). The van der Waals surface area contributed by atoms with E-state index < -0.39 is 4.70 Å². The number of anilines is 1. The first-order valence-corrected chi connectivity index (χ1v) is 4.22. The summed E-state index contributed by atoms with van der Waals surface area (Å²) in [6.45, 7) is 0. The molecule has 0 saturated carbocycles. The summed E-state index contributed by atoms with van der Waals surface area (Å²) in [6.07, 6.45) is 3.57. The number of hydrogen-bond acceptors (Lipinski definition) is 3. The molecule has 1 heterocycles. The molecule has 1 aromatic heterocycles. The van der Waals surface area contributed by atoms with E-state index in [2.05, 4.69) is 28.2 Å². The lowest BCUT2D eigenvalue weighted by atomic mass is 10.4. The van der Waals surface area contributed by atoms with Crippen LogP contribution in [0.25, 0.3) is 0 Å².